The Morgan fingerprint density at radius 3 is 2.50 bits per heavy atom. The summed E-state index contributed by atoms with van der Waals surface area (Å²) in [5.41, 5.74) is 4.27. The fraction of sp³-hybridized carbons (Fsp3) is 0.381. The van der Waals surface area contributed by atoms with E-state index in [0.29, 0.717) is 0 Å². The molecule has 126 valence electrons. The molecule has 0 radical (unpaired) electrons. The zero-order valence-electron chi connectivity index (χ0n) is 14.5. The van der Waals surface area contributed by atoms with Gasteiger partial charge in [-0.15, -0.1) is 0 Å². The molecule has 0 bridgehead atoms. The number of nitrogens with zero attached hydrogens (tertiary/aromatic N) is 2. The second-order valence-electron chi connectivity index (χ2n) is 6.79. The molecule has 0 atom stereocenters. The minimum absolute atomic E-state index is 0.746. The summed E-state index contributed by atoms with van der Waals surface area (Å²) >= 11 is 0. The highest BCUT2D eigenvalue weighted by Gasteiger charge is 2.15. The van der Waals surface area contributed by atoms with Crippen LogP contribution in [0.25, 0.3) is 12.2 Å². The fourth-order valence-corrected chi connectivity index (χ4v) is 3.37. The minimum Gasteiger partial charge on any atom is -0.311 e. The molecule has 3 rings (SSSR count). The molecule has 3 heteroatoms. The van der Waals surface area contributed by atoms with Gasteiger partial charge in [0.05, 0.1) is 11.4 Å². The van der Waals surface area contributed by atoms with E-state index in [-0.39, 0.29) is 0 Å². The van der Waals surface area contributed by atoms with Crippen LogP contribution in [0, 0.1) is 12.8 Å². The molecular formula is C21H27N3. The minimum atomic E-state index is 0.746. The molecule has 0 spiro atoms. The van der Waals surface area contributed by atoms with E-state index in [2.05, 4.69) is 35.3 Å². The molecule has 0 saturated heterocycles. The van der Waals surface area contributed by atoms with E-state index in [1.54, 1.807) is 0 Å². The molecule has 1 fully saturated rings. The van der Waals surface area contributed by atoms with Crippen molar-refractivity contribution in [3.05, 3.63) is 59.4 Å². The van der Waals surface area contributed by atoms with Crippen LogP contribution < -0.4 is 10.9 Å². The molecule has 1 aliphatic rings. The molecule has 2 aromatic rings. The van der Waals surface area contributed by atoms with Gasteiger partial charge in [0.1, 0.15) is 0 Å². The van der Waals surface area contributed by atoms with Crippen LogP contribution >= 0.6 is 0 Å². The average molecular weight is 321 g/mol. The van der Waals surface area contributed by atoms with Crippen LogP contribution in [0.15, 0.2) is 42.5 Å². The van der Waals surface area contributed by atoms with Gasteiger partial charge < -0.3 is 5.01 Å². The lowest BCUT2D eigenvalue weighted by Crippen LogP contribution is -2.36. The molecule has 24 heavy (non-hydrogen) atoms. The number of hydrogen-bond donors (Lipinski definition) is 1. The van der Waals surface area contributed by atoms with Crippen molar-refractivity contribution in [1.82, 2.24) is 4.98 Å². The Morgan fingerprint density at radius 1 is 1.04 bits per heavy atom. The van der Waals surface area contributed by atoms with Crippen molar-refractivity contribution in [3.8, 4) is 0 Å². The molecule has 0 amide bonds. The Kier molecular flexibility index (Phi) is 5.65. The Hall–Kier alpha value is -2.13. The van der Waals surface area contributed by atoms with Crippen LogP contribution in [-0.4, -0.2) is 11.5 Å². The van der Waals surface area contributed by atoms with Crippen molar-refractivity contribution in [3.63, 3.8) is 0 Å². The third-order valence-electron chi connectivity index (χ3n) is 4.76. The maximum atomic E-state index is 6.26. The van der Waals surface area contributed by atoms with Crippen molar-refractivity contribution in [2.75, 3.05) is 11.6 Å². The second-order valence-corrected chi connectivity index (χ2v) is 6.79. The summed E-state index contributed by atoms with van der Waals surface area (Å²) in [5, 5.41) is 1.91. The number of rotatable bonds is 5. The van der Waals surface area contributed by atoms with Gasteiger partial charge in [-0.25, -0.2) is 5.84 Å². The SMILES string of the molecule is Cc1cccc(C=Cc2ccc(N(N)CC3CCCCC3)cc2)n1. The van der Waals surface area contributed by atoms with Gasteiger partial charge in [0.15, 0.2) is 0 Å². The van der Waals surface area contributed by atoms with Gasteiger partial charge in [-0.3, -0.25) is 4.98 Å². The monoisotopic (exact) mass is 321 g/mol. The first-order valence-electron chi connectivity index (χ1n) is 8.95. The number of hydrogen-bond acceptors (Lipinski definition) is 3. The van der Waals surface area contributed by atoms with Gasteiger partial charge in [-0.05, 0) is 61.6 Å². The van der Waals surface area contributed by atoms with Crippen LogP contribution in [0.5, 0.6) is 0 Å². The lowest BCUT2D eigenvalue weighted by Gasteiger charge is -2.27. The lowest BCUT2D eigenvalue weighted by molar-refractivity contribution is 0.359. The van der Waals surface area contributed by atoms with Gasteiger partial charge >= 0.3 is 0 Å². The van der Waals surface area contributed by atoms with E-state index in [4.69, 9.17) is 5.84 Å². The molecule has 2 N–H and O–H groups in total. The van der Waals surface area contributed by atoms with Crippen molar-refractivity contribution in [1.29, 1.82) is 0 Å². The quantitative estimate of drug-likeness (QED) is 0.634. The summed E-state index contributed by atoms with van der Waals surface area (Å²) in [7, 11) is 0. The molecule has 1 aliphatic carbocycles. The third kappa shape index (κ3) is 4.68. The van der Waals surface area contributed by atoms with Crippen LogP contribution in [0.4, 0.5) is 5.69 Å². The summed E-state index contributed by atoms with van der Waals surface area (Å²) in [6.45, 7) is 2.97. The molecule has 1 saturated carbocycles. The lowest BCUT2D eigenvalue weighted by atomic mass is 9.89. The van der Waals surface area contributed by atoms with Crippen molar-refractivity contribution in [2.24, 2.45) is 11.8 Å². The van der Waals surface area contributed by atoms with Gasteiger partial charge in [0, 0.05) is 12.2 Å². The summed E-state index contributed by atoms with van der Waals surface area (Å²) in [6.07, 6.45) is 10.9. The summed E-state index contributed by atoms with van der Waals surface area (Å²) < 4.78 is 0. The van der Waals surface area contributed by atoms with Gasteiger partial charge in [-0.1, -0.05) is 43.5 Å². The van der Waals surface area contributed by atoms with Gasteiger partial charge in [-0.2, -0.15) is 0 Å². The number of pyridine rings is 1. The Balaban J connectivity index is 1.60. The standard InChI is InChI=1S/C21H27N3/c1-17-6-5-9-20(23-17)13-10-18-11-14-21(15-12-18)24(22)16-19-7-3-2-4-8-19/h5-6,9-15,19H,2-4,7-8,16,22H2,1H3. The largest absolute Gasteiger partial charge is 0.311 e. The molecule has 1 aromatic heterocycles. The maximum absolute atomic E-state index is 6.26. The maximum Gasteiger partial charge on any atom is 0.0633 e. The first kappa shape index (κ1) is 16.7. The average Bonchev–Trinajstić information content (AvgIpc) is 2.61. The van der Waals surface area contributed by atoms with Crippen LogP contribution in [-0.2, 0) is 0 Å². The summed E-state index contributed by atoms with van der Waals surface area (Å²) in [5.74, 6) is 7.01. The third-order valence-corrected chi connectivity index (χ3v) is 4.76. The topological polar surface area (TPSA) is 42.1 Å². The highest BCUT2D eigenvalue weighted by atomic mass is 15.4. The number of hydrazine groups is 1. The number of anilines is 1. The van der Waals surface area contributed by atoms with Crippen LogP contribution in [0.3, 0.4) is 0 Å². The van der Waals surface area contributed by atoms with Crippen LogP contribution in [0.2, 0.25) is 0 Å². The zero-order chi connectivity index (χ0) is 16.8. The van der Waals surface area contributed by atoms with Gasteiger partial charge in [0.25, 0.3) is 0 Å². The summed E-state index contributed by atoms with van der Waals surface area (Å²) in [4.78, 5) is 4.48. The predicted molar refractivity (Wildman–Crippen MR) is 102 cm³/mol. The Bertz CT molecular complexity index is 670. The highest BCUT2D eigenvalue weighted by molar-refractivity contribution is 5.69. The molecule has 3 nitrogen and oxygen atoms in total. The van der Waals surface area contributed by atoms with E-state index in [1.807, 2.05) is 36.2 Å². The van der Waals surface area contributed by atoms with Gasteiger partial charge in [0.2, 0.25) is 0 Å². The molecular weight excluding hydrogens is 294 g/mol. The number of aromatic nitrogens is 1. The normalized spacial score (nSPS) is 15.8. The summed E-state index contributed by atoms with van der Waals surface area (Å²) in [6, 6.07) is 14.5. The number of nitrogens with two attached hydrogens (primary N) is 1. The van der Waals surface area contributed by atoms with Crippen molar-refractivity contribution >= 4 is 17.8 Å². The Morgan fingerprint density at radius 2 is 1.79 bits per heavy atom. The highest BCUT2D eigenvalue weighted by Crippen LogP contribution is 2.25. The first-order valence-corrected chi connectivity index (χ1v) is 8.95. The molecule has 0 unspecified atom stereocenters. The van der Waals surface area contributed by atoms with E-state index < -0.39 is 0 Å². The number of benzene rings is 1. The van der Waals surface area contributed by atoms with E-state index in [9.17, 15) is 0 Å². The van der Waals surface area contributed by atoms with E-state index >= 15 is 0 Å². The zero-order valence-corrected chi connectivity index (χ0v) is 14.5. The first-order chi connectivity index (χ1) is 11.7. The van der Waals surface area contributed by atoms with E-state index in [0.717, 1.165) is 35.1 Å². The second kappa shape index (κ2) is 8.11. The van der Waals surface area contributed by atoms with Crippen molar-refractivity contribution < 1.29 is 0 Å². The van der Waals surface area contributed by atoms with Crippen molar-refractivity contribution in [2.45, 2.75) is 39.0 Å². The number of aryl methyl sites for hydroxylation is 1. The van der Waals surface area contributed by atoms with E-state index in [1.165, 1.54) is 32.1 Å². The van der Waals surface area contributed by atoms with Crippen LogP contribution in [0.1, 0.15) is 49.1 Å². The Labute approximate surface area is 145 Å². The predicted octanol–water partition coefficient (Wildman–Crippen LogP) is 4.82. The fourth-order valence-electron chi connectivity index (χ4n) is 3.37. The molecule has 1 aromatic carbocycles. The smallest absolute Gasteiger partial charge is 0.0633 e. The molecule has 1 heterocycles. The molecule has 0 aliphatic heterocycles.